The standard InChI is InChI=1S/C20H24N2O2/c1-16-8-6-7-11-19(16)14-21-24-15-20(23)22-17(2)12-13-18-9-4-3-5-10-18/h3-11,14,17H,12-13,15H2,1-2H3,(H,22,23)/b21-14-/t17-/m1/s1. The third-order valence-electron chi connectivity index (χ3n) is 3.77. The van der Waals surface area contributed by atoms with Gasteiger partial charge in [-0.3, -0.25) is 4.79 Å². The molecule has 0 saturated carbocycles. The van der Waals surface area contributed by atoms with E-state index in [1.165, 1.54) is 5.56 Å². The monoisotopic (exact) mass is 324 g/mol. The Morgan fingerprint density at radius 1 is 1.17 bits per heavy atom. The highest BCUT2D eigenvalue weighted by atomic mass is 16.6. The van der Waals surface area contributed by atoms with E-state index in [0.29, 0.717) is 0 Å². The van der Waals surface area contributed by atoms with Crippen molar-refractivity contribution in [3.8, 4) is 0 Å². The summed E-state index contributed by atoms with van der Waals surface area (Å²) >= 11 is 0. The molecule has 2 rings (SSSR count). The van der Waals surface area contributed by atoms with Crippen LogP contribution in [0.5, 0.6) is 0 Å². The minimum atomic E-state index is -0.155. The number of hydrogen-bond acceptors (Lipinski definition) is 3. The minimum absolute atomic E-state index is 0.0714. The summed E-state index contributed by atoms with van der Waals surface area (Å²) in [5.41, 5.74) is 3.37. The van der Waals surface area contributed by atoms with Crippen molar-refractivity contribution in [2.45, 2.75) is 32.7 Å². The van der Waals surface area contributed by atoms with Crippen LogP contribution in [0.3, 0.4) is 0 Å². The quantitative estimate of drug-likeness (QED) is 0.597. The third-order valence-corrected chi connectivity index (χ3v) is 3.77. The second-order valence-corrected chi connectivity index (χ2v) is 5.86. The molecule has 2 aromatic carbocycles. The number of hydrogen-bond donors (Lipinski definition) is 1. The molecule has 1 atom stereocenters. The van der Waals surface area contributed by atoms with Crippen molar-refractivity contribution in [2.24, 2.45) is 5.16 Å². The Bertz CT molecular complexity index is 668. The van der Waals surface area contributed by atoms with Gasteiger partial charge in [0.2, 0.25) is 0 Å². The summed E-state index contributed by atoms with van der Waals surface area (Å²) < 4.78 is 0. The number of nitrogens with one attached hydrogen (secondary N) is 1. The molecule has 1 N–H and O–H groups in total. The van der Waals surface area contributed by atoms with Gasteiger partial charge in [-0.05, 0) is 43.4 Å². The maximum atomic E-state index is 11.8. The van der Waals surface area contributed by atoms with Gasteiger partial charge in [0.05, 0.1) is 6.21 Å². The molecule has 0 bridgehead atoms. The first-order chi connectivity index (χ1) is 11.6. The van der Waals surface area contributed by atoms with Gasteiger partial charge in [0.15, 0.2) is 6.61 Å². The van der Waals surface area contributed by atoms with Crippen molar-refractivity contribution in [1.82, 2.24) is 5.32 Å². The molecule has 0 aliphatic carbocycles. The first-order valence-corrected chi connectivity index (χ1v) is 8.19. The van der Waals surface area contributed by atoms with Gasteiger partial charge in [0.25, 0.3) is 5.91 Å². The van der Waals surface area contributed by atoms with Gasteiger partial charge in [-0.1, -0.05) is 59.8 Å². The van der Waals surface area contributed by atoms with E-state index in [1.807, 2.05) is 56.3 Å². The van der Waals surface area contributed by atoms with Crippen LogP contribution in [0.15, 0.2) is 59.8 Å². The van der Waals surface area contributed by atoms with Crippen molar-refractivity contribution in [3.05, 3.63) is 71.3 Å². The number of carbonyl (C=O) groups is 1. The van der Waals surface area contributed by atoms with Crippen molar-refractivity contribution in [3.63, 3.8) is 0 Å². The van der Waals surface area contributed by atoms with Crippen molar-refractivity contribution in [2.75, 3.05) is 6.61 Å². The van der Waals surface area contributed by atoms with E-state index in [9.17, 15) is 4.79 Å². The van der Waals surface area contributed by atoms with E-state index in [4.69, 9.17) is 4.84 Å². The Morgan fingerprint density at radius 3 is 2.62 bits per heavy atom. The van der Waals surface area contributed by atoms with Gasteiger partial charge in [0.1, 0.15) is 0 Å². The summed E-state index contributed by atoms with van der Waals surface area (Å²) in [7, 11) is 0. The second kappa shape index (κ2) is 9.50. The highest BCUT2D eigenvalue weighted by Crippen LogP contribution is 2.05. The molecule has 0 fully saturated rings. The average Bonchev–Trinajstić information content (AvgIpc) is 2.59. The lowest BCUT2D eigenvalue weighted by atomic mass is 10.1. The van der Waals surface area contributed by atoms with Crippen LogP contribution in [-0.4, -0.2) is 24.8 Å². The molecule has 126 valence electrons. The lowest BCUT2D eigenvalue weighted by Crippen LogP contribution is -2.35. The number of aryl methyl sites for hydroxylation is 2. The summed E-state index contributed by atoms with van der Waals surface area (Å²) in [5.74, 6) is -0.155. The Hall–Kier alpha value is -2.62. The molecule has 1 amide bonds. The molecule has 0 aliphatic heterocycles. The zero-order chi connectivity index (χ0) is 17.2. The Kier molecular flexibility index (Phi) is 7.02. The van der Waals surface area contributed by atoms with Crippen LogP contribution >= 0.6 is 0 Å². The normalized spacial score (nSPS) is 12.1. The number of nitrogens with zero attached hydrogens (tertiary/aromatic N) is 1. The minimum Gasteiger partial charge on any atom is -0.386 e. The molecule has 4 nitrogen and oxygen atoms in total. The lowest BCUT2D eigenvalue weighted by Gasteiger charge is -2.13. The zero-order valence-electron chi connectivity index (χ0n) is 14.2. The predicted molar refractivity (Wildman–Crippen MR) is 97.1 cm³/mol. The maximum Gasteiger partial charge on any atom is 0.260 e. The van der Waals surface area contributed by atoms with Crippen LogP contribution < -0.4 is 5.32 Å². The number of carbonyl (C=O) groups excluding carboxylic acids is 1. The fourth-order valence-electron chi connectivity index (χ4n) is 2.34. The van der Waals surface area contributed by atoms with Gasteiger partial charge < -0.3 is 10.2 Å². The van der Waals surface area contributed by atoms with Crippen LogP contribution in [-0.2, 0) is 16.1 Å². The Balaban J connectivity index is 1.66. The fraction of sp³-hybridized carbons (Fsp3) is 0.300. The maximum absolute atomic E-state index is 11.8. The molecule has 0 aromatic heterocycles. The predicted octanol–water partition coefficient (Wildman–Crippen LogP) is 3.48. The lowest BCUT2D eigenvalue weighted by molar-refractivity contribution is -0.126. The summed E-state index contributed by atoms with van der Waals surface area (Å²) in [4.78, 5) is 16.9. The average molecular weight is 324 g/mol. The van der Waals surface area contributed by atoms with Crippen molar-refractivity contribution < 1.29 is 9.63 Å². The molecule has 0 unspecified atom stereocenters. The third kappa shape index (κ3) is 6.24. The van der Waals surface area contributed by atoms with E-state index in [0.717, 1.165) is 24.0 Å². The topological polar surface area (TPSA) is 50.7 Å². The summed E-state index contributed by atoms with van der Waals surface area (Å²) in [6, 6.07) is 18.2. The fourth-order valence-corrected chi connectivity index (χ4v) is 2.34. The van der Waals surface area contributed by atoms with Gasteiger partial charge >= 0.3 is 0 Å². The Labute approximate surface area is 143 Å². The largest absolute Gasteiger partial charge is 0.386 e. The van der Waals surface area contributed by atoms with E-state index >= 15 is 0 Å². The number of amides is 1. The highest BCUT2D eigenvalue weighted by molar-refractivity contribution is 5.81. The molecule has 2 aromatic rings. The molecule has 0 radical (unpaired) electrons. The molecular weight excluding hydrogens is 300 g/mol. The smallest absolute Gasteiger partial charge is 0.260 e. The second-order valence-electron chi connectivity index (χ2n) is 5.86. The van der Waals surface area contributed by atoms with E-state index < -0.39 is 0 Å². The van der Waals surface area contributed by atoms with Gasteiger partial charge in [0, 0.05) is 6.04 Å². The SMILES string of the molecule is Cc1ccccc1/C=N\OCC(=O)N[C@H](C)CCc1ccccc1. The number of rotatable bonds is 8. The van der Waals surface area contributed by atoms with Crippen molar-refractivity contribution in [1.29, 1.82) is 0 Å². The first-order valence-electron chi connectivity index (χ1n) is 8.19. The van der Waals surface area contributed by atoms with Gasteiger partial charge in [-0.2, -0.15) is 0 Å². The molecule has 24 heavy (non-hydrogen) atoms. The summed E-state index contributed by atoms with van der Waals surface area (Å²) in [5, 5.41) is 6.78. The van der Waals surface area contributed by atoms with Crippen LogP contribution in [0, 0.1) is 6.92 Å². The summed E-state index contributed by atoms with van der Waals surface area (Å²) in [6.45, 7) is 3.93. The molecule has 4 heteroatoms. The molecular formula is C20H24N2O2. The highest BCUT2D eigenvalue weighted by Gasteiger charge is 2.07. The van der Waals surface area contributed by atoms with Crippen LogP contribution in [0.25, 0.3) is 0 Å². The number of benzene rings is 2. The van der Waals surface area contributed by atoms with Crippen LogP contribution in [0.4, 0.5) is 0 Å². The van der Waals surface area contributed by atoms with E-state index in [-0.39, 0.29) is 18.6 Å². The Morgan fingerprint density at radius 2 is 1.88 bits per heavy atom. The zero-order valence-corrected chi connectivity index (χ0v) is 14.2. The molecule has 0 spiro atoms. The molecule has 0 aliphatic rings. The number of oxime groups is 1. The van der Waals surface area contributed by atoms with E-state index in [1.54, 1.807) is 6.21 Å². The summed E-state index contributed by atoms with van der Waals surface area (Å²) in [6.07, 6.45) is 3.46. The van der Waals surface area contributed by atoms with Crippen LogP contribution in [0.2, 0.25) is 0 Å². The van der Waals surface area contributed by atoms with Crippen molar-refractivity contribution >= 4 is 12.1 Å². The van der Waals surface area contributed by atoms with Crippen LogP contribution in [0.1, 0.15) is 30.0 Å². The van der Waals surface area contributed by atoms with Gasteiger partial charge in [-0.15, -0.1) is 0 Å². The molecule has 0 heterocycles. The van der Waals surface area contributed by atoms with Gasteiger partial charge in [-0.25, -0.2) is 0 Å². The molecule has 0 saturated heterocycles. The first kappa shape index (κ1) is 17.7. The van der Waals surface area contributed by atoms with E-state index in [2.05, 4.69) is 22.6 Å².